The molecule has 1 aromatic heterocycles. The van der Waals surface area contributed by atoms with Crippen LogP contribution in [0.5, 0.6) is 0 Å². The molecule has 114 valence electrons. The molecule has 0 bridgehead atoms. The molecule has 0 spiro atoms. The number of halogens is 4. The van der Waals surface area contributed by atoms with Crippen molar-refractivity contribution in [1.82, 2.24) is 15.1 Å². The van der Waals surface area contributed by atoms with Gasteiger partial charge in [0.2, 0.25) is 0 Å². The van der Waals surface area contributed by atoms with Crippen LogP contribution < -0.4 is 5.32 Å². The average Bonchev–Trinajstić information content (AvgIpc) is 2.85. The first-order valence-corrected chi connectivity index (χ1v) is 6.80. The molecule has 2 rings (SSSR count). The lowest BCUT2D eigenvalue weighted by Crippen LogP contribution is -2.22. The number of rotatable bonds is 4. The Balaban J connectivity index is 2.40. The largest absolute Gasteiger partial charge is 0.419 e. The van der Waals surface area contributed by atoms with E-state index in [0.29, 0.717) is 17.3 Å². The van der Waals surface area contributed by atoms with Gasteiger partial charge >= 0.3 is 6.18 Å². The summed E-state index contributed by atoms with van der Waals surface area (Å²) in [6, 6.07) is 5.45. The third kappa shape index (κ3) is 3.77. The fraction of sp³-hybridized carbons (Fsp3) is 0.357. The summed E-state index contributed by atoms with van der Waals surface area (Å²) in [5.41, 5.74) is 0.445. The molecule has 0 amide bonds. The summed E-state index contributed by atoms with van der Waals surface area (Å²) in [5, 5.41) is 7.36. The molecule has 21 heavy (non-hydrogen) atoms. The van der Waals surface area contributed by atoms with Gasteiger partial charge in [0.15, 0.2) is 0 Å². The third-order valence-electron chi connectivity index (χ3n) is 2.91. The molecule has 3 nitrogen and oxygen atoms in total. The Hall–Kier alpha value is -1.53. The maximum Gasteiger partial charge on any atom is 0.419 e. The van der Waals surface area contributed by atoms with E-state index in [1.807, 2.05) is 19.9 Å². The summed E-state index contributed by atoms with van der Waals surface area (Å²) in [5.74, 6) is 0. The van der Waals surface area contributed by atoms with Gasteiger partial charge in [-0.25, -0.2) is 4.68 Å². The van der Waals surface area contributed by atoms with E-state index in [-0.39, 0.29) is 6.04 Å². The molecule has 0 aliphatic rings. The first-order chi connectivity index (χ1) is 9.79. The van der Waals surface area contributed by atoms with E-state index >= 15 is 0 Å². The van der Waals surface area contributed by atoms with Crippen molar-refractivity contribution in [3.8, 4) is 5.69 Å². The molecular weight excluding hydrogens is 303 g/mol. The molecule has 0 saturated carbocycles. The van der Waals surface area contributed by atoms with Crippen molar-refractivity contribution in [3.05, 3.63) is 46.7 Å². The number of benzene rings is 1. The van der Waals surface area contributed by atoms with Gasteiger partial charge in [-0.3, -0.25) is 0 Å². The van der Waals surface area contributed by atoms with Crippen molar-refractivity contribution in [3.63, 3.8) is 0 Å². The van der Waals surface area contributed by atoms with Gasteiger partial charge in [-0.05, 0) is 11.6 Å². The molecule has 0 unspecified atom stereocenters. The molecule has 1 heterocycles. The van der Waals surface area contributed by atoms with E-state index in [9.17, 15) is 13.2 Å². The average molecular weight is 318 g/mol. The van der Waals surface area contributed by atoms with E-state index in [4.69, 9.17) is 11.6 Å². The van der Waals surface area contributed by atoms with Gasteiger partial charge in [0.25, 0.3) is 0 Å². The molecule has 0 fully saturated rings. The molecule has 0 saturated heterocycles. The Morgan fingerprint density at radius 2 is 2.05 bits per heavy atom. The van der Waals surface area contributed by atoms with Crippen LogP contribution in [0.4, 0.5) is 13.2 Å². The van der Waals surface area contributed by atoms with Crippen LogP contribution in [-0.2, 0) is 12.7 Å². The standard InChI is InChI=1S/C14H15ClF3N3/c1-9(2)19-6-10-4-3-5-12(15)13(10)21-8-11(7-20-21)14(16,17)18/h3-5,7-9,19H,6H2,1-2H3. The lowest BCUT2D eigenvalue weighted by Gasteiger charge is -2.14. The van der Waals surface area contributed by atoms with Crippen LogP contribution in [0.2, 0.25) is 5.02 Å². The minimum Gasteiger partial charge on any atom is -0.310 e. The molecule has 1 aromatic carbocycles. The summed E-state index contributed by atoms with van der Waals surface area (Å²) >= 11 is 6.13. The van der Waals surface area contributed by atoms with Crippen LogP contribution in [0.1, 0.15) is 25.0 Å². The van der Waals surface area contributed by atoms with Crippen LogP contribution in [0.25, 0.3) is 5.69 Å². The number of hydrogen-bond donors (Lipinski definition) is 1. The number of nitrogens with zero attached hydrogens (tertiary/aromatic N) is 2. The van der Waals surface area contributed by atoms with Crippen LogP contribution >= 0.6 is 11.6 Å². The summed E-state index contributed by atoms with van der Waals surface area (Å²) in [7, 11) is 0. The molecule has 0 atom stereocenters. The van der Waals surface area contributed by atoms with Crippen molar-refractivity contribution in [2.24, 2.45) is 0 Å². The van der Waals surface area contributed by atoms with E-state index in [1.165, 1.54) is 4.68 Å². The number of aromatic nitrogens is 2. The Labute approximate surface area is 125 Å². The van der Waals surface area contributed by atoms with Gasteiger partial charge < -0.3 is 5.32 Å². The van der Waals surface area contributed by atoms with Crippen molar-refractivity contribution in [1.29, 1.82) is 0 Å². The number of para-hydroxylation sites is 1. The van der Waals surface area contributed by atoms with Gasteiger partial charge in [-0.2, -0.15) is 18.3 Å². The SMILES string of the molecule is CC(C)NCc1cccc(Cl)c1-n1cc(C(F)(F)F)cn1. The predicted molar refractivity (Wildman–Crippen MR) is 75.6 cm³/mol. The van der Waals surface area contributed by atoms with Gasteiger partial charge in [-0.1, -0.05) is 37.6 Å². The Morgan fingerprint density at radius 3 is 2.62 bits per heavy atom. The van der Waals surface area contributed by atoms with Crippen molar-refractivity contribution in [2.75, 3.05) is 0 Å². The number of hydrogen-bond acceptors (Lipinski definition) is 2. The molecular formula is C14H15ClF3N3. The summed E-state index contributed by atoms with van der Waals surface area (Å²) in [4.78, 5) is 0. The molecule has 0 aliphatic heterocycles. The monoisotopic (exact) mass is 317 g/mol. The smallest absolute Gasteiger partial charge is 0.310 e. The van der Waals surface area contributed by atoms with Gasteiger partial charge in [-0.15, -0.1) is 0 Å². The van der Waals surface area contributed by atoms with Crippen LogP contribution in [0.3, 0.4) is 0 Å². The molecule has 1 N–H and O–H groups in total. The highest BCUT2D eigenvalue weighted by Gasteiger charge is 2.32. The second-order valence-corrected chi connectivity index (χ2v) is 5.36. The lowest BCUT2D eigenvalue weighted by atomic mass is 10.1. The quantitative estimate of drug-likeness (QED) is 0.922. The summed E-state index contributed by atoms with van der Waals surface area (Å²) in [6.45, 7) is 4.47. The van der Waals surface area contributed by atoms with Crippen molar-refractivity contribution < 1.29 is 13.2 Å². The van der Waals surface area contributed by atoms with E-state index in [2.05, 4.69) is 10.4 Å². The van der Waals surface area contributed by atoms with Crippen molar-refractivity contribution >= 4 is 11.6 Å². The highest BCUT2D eigenvalue weighted by molar-refractivity contribution is 6.32. The minimum atomic E-state index is -4.42. The zero-order valence-corrected chi connectivity index (χ0v) is 12.3. The lowest BCUT2D eigenvalue weighted by molar-refractivity contribution is -0.137. The van der Waals surface area contributed by atoms with E-state index in [1.54, 1.807) is 12.1 Å². The molecule has 7 heteroatoms. The van der Waals surface area contributed by atoms with Gasteiger partial charge in [0.05, 0.1) is 22.5 Å². The van der Waals surface area contributed by atoms with E-state index < -0.39 is 11.7 Å². The highest BCUT2D eigenvalue weighted by atomic mass is 35.5. The molecule has 0 radical (unpaired) electrons. The fourth-order valence-electron chi connectivity index (χ4n) is 1.86. The Bertz CT molecular complexity index is 620. The molecule has 0 aliphatic carbocycles. The second-order valence-electron chi connectivity index (χ2n) is 4.95. The minimum absolute atomic E-state index is 0.250. The summed E-state index contributed by atoms with van der Waals surface area (Å²) in [6.07, 6.45) is -2.68. The molecule has 2 aromatic rings. The summed E-state index contributed by atoms with van der Waals surface area (Å²) < 4.78 is 39.2. The predicted octanol–water partition coefficient (Wildman–Crippen LogP) is 4.04. The van der Waals surface area contributed by atoms with Gasteiger partial charge in [0, 0.05) is 18.8 Å². The Morgan fingerprint density at radius 1 is 1.33 bits per heavy atom. The highest BCUT2D eigenvalue weighted by Crippen LogP contribution is 2.31. The zero-order valence-electron chi connectivity index (χ0n) is 11.6. The first kappa shape index (κ1) is 15.9. The maximum atomic E-state index is 12.7. The Kier molecular flexibility index (Phi) is 4.58. The fourth-order valence-corrected chi connectivity index (χ4v) is 2.15. The van der Waals surface area contributed by atoms with Crippen LogP contribution in [0, 0.1) is 0 Å². The number of nitrogens with one attached hydrogen (secondary N) is 1. The normalized spacial score (nSPS) is 12.1. The zero-order chi connectivity index (χ0) is 15.6. The van der Waals surface area contributed by atoms with Crippen LogP contribution in [0.15, 0.2) is 30.6 Å². The van der Waals surface area contributed by atoms with Crippen LogP contribution in [-0.4, -0.2) is 15.8 Å². The third-order valence-corrected chi connectivity index (χ3v) is 3.22. The second kappa shape index (κ2) is 6.07. The number of alkyl halides is 3. The maximum absolute atomic E-state index is 12.7. The van der Waals surface area contributed by atoms with E-state index in [0.717, 1.165) is 18.0 Å². The topological polar surface area (TPSA) is 29.9 Å². The first-order valence-electron chi connectivity index (χ1n) is 6.42. The van der Waals surface area contributed by atoms with Gasteiger partial charge in [0.1, 0.15) is 0 Å². The van der Waals surface area contributed by atoms with Crippen molar-refractivity contribution in [2.45, 2.75) is 32.6 Å².